The van der Waals surface area contributed by atoms with E-state index in [1.165, 1.54) is 52.8 Å². The lowest BCUT2D eigenvalue weighted by molar-refractivity contribution is 0.278. The molecule has 1 aliphatic rings. The molecule has 3 heteroatoms. The minimum atomic E-state index is 0.749. The summed E-state index contributed by atoms with van der Waals surface area (Å²) in [6.07, 6.45) is 8.39. The molecule has 0 bridgehead atoms. The van der Waals surface area contributed by atoms with Gasteiger partial charge in [0, 0.05) is 26.8 Å². The summed E-state index contributed by atoms with van der Waals surface area (Å²) in [7, 11) is 0. The molecule has 1 aromatic rings. The molecule has 0 atom stereocenters. The first-order valence-electron chi connectivity index (χ1n) is 7.17. The van der Waals surface area contributed by atoms with Crippen molar-refractivity contribution < 1.29 is 0 Å². The van der Waals surface area contributed by atoms with Crippen molar-refractivity contribution in [1.82, 2.24) is 5.32 Å². The average Bonchev–Trinajstić information content (AvgIpc) is 2.68. The predicted octanol–water partition coefficient (Wildman–Crippen LogP) is 5.27. The Labute approximate surface area is 123 Å². The van der Waals surface area contributed by atoms with E-state index in [0.29, 0.717) is 0 Å². The number of hydrogen-bond donors (Lipinski definition) is 1. The van der Waals surface area contributed by atoms with Crippen molar-refractivity contribution in [3.63, 3.8) is 0 Å². The van der Waals surface area contributed by atoms with Crippen LogP contribution in [0.5, 0.6) is 0 Å². The van der Waals surface area contributed by atoms with Crippen LogP contribution >= 0.6 is 27.3 Å². The van der Waals surface area contributed by atoms with E-state index in [1.807, 2.05) is 11.3 Å². The maximum atomic E-state index is 3.73. The minimum Gasteiger partial charge on any atom is -0.309 e. The maximum Gasteiger partial charge on any atom is 0.0314 e. The molecule has 0 aliphatic heterocycles. The Bertz CT molecular complexity index is 347. The van der Waals surface area contributed by atoms with Crippen molar-refractivity contribution in [3.05, 3.63) is 20.3 Å². The molecule has 1 fully saturated rings. The van der Waals surface area contributed by atoms with E-state index >= 15 is 0 Å². The number of aryl methyl sites for hydroxylation is 1. The van der Waals surface area contributed by atoms with Gasteiger partial charge in [0.25, 0.3) is 0 Å². The number of nitrogens with one attached hydrogen (secondary N) is 1. The quantitative estimate of drug-likeness (QED) is 0.776. The lowest BCUT2D eigenvalue weighted by Crippen LogP contribution is -2.32. The highest BCUT2D eigenvalue weighted by molar-refractivity contribution is 9.10. The van der Waals surface area contributed by atoms with Crippen molar-refractivity contribution in [1.29, 1.82) is 0 Å². The predicted molar refractivity (Wildman–Crippen MR) is 84.2 cm³/mol. The van der Waals surface area contributed by atoms with Gasteiger partial charge in [-0.1, -0.05) is 19.8 Å². The molecule has 0 aromatic carbocycles. The number of hydrogen-bond acceptors (Lipinski definition) is 2. The molecule has 1 heterocycles. The first kappa shape index (κ1) is 14.5. The van der Waals surface area contributed by atoms with Gasteiger partial charge in [-0.15, -0.1) is 11.3 Å². The summed E-state index contributed by atoms with van der Waals surface area (Å²) in [6, 6.07) is 3.01. The Kier molecular flexibility index (Phi) is 5.71. The Morgan fingerprint density at radius 1 is 1.33 bits per heavy atom. The SMILES string of the molecule is CCCC1CCC(NCc2cc(Br)c(C)s2)CC1. The third-order valence-electron chi connectivity index (χ3n) is 4.02. The number of halogens is 1. The summed E-state index contributed by atoms with van der Waals surface area (Å²) in [6.45, 7) is 5.52. The van der Waals surface area contributed by atoms with Gasteiger partial charge in [-0.2, -0.15) is 0 Å². The average molecular weight is 330 g/mol. The summed E-state index contributed by atoms with van der Waals surface area (Å²) in [5.74, 6) is 1.01. The largest absolute Gasteiger partial charge is 0.309 e. The molecule has 0 saturated heterocycles. The van der Waals surface area contributed by atoms with Gasteiger partial charge >= 0.3 is 0 Å². The lowest BCUT2D eigenvalue weighted by Gasteiger charge is -2.28. The molecule has 1 saturated carbocycles. The van der Waals surface area contributed by atoms with Crippen LogP contribution in [0, 0.1) is 12.8 Å². The van der Waals surface area contributed by atoms with Crippen LogP contribution in [-0.4, -0.2) is 6.04 Å². The molecule has 18 heavy (non-hydrogen) atoms. The molecule has 0 amide bonds. The van der Waals surface area contributed by atoms with Gasteiger partial charge in [0.2, 0.25) is 0 Å². The molecule has 1 N–H and O–H groups in total. The van der Waals surface area contributed by atoms with Crippen molar-refractivity contribution >= 4 is 27.3 Å². The van der Waals surface area contributed by atoms with Crippen LogP contribution in [0.4, 0.5) is 0 Å². The van der Waals surface area contributed by atoms with E-state index in [1.54, 1.807) is 0 Å². The van der Waals surface area contributed by atoms with E-state index in [4.69, 9.17) is 0 Å². The monoisotopic (exact) mass is 329 g/mol. The minimum absolute atomic E-state index is 0.749. The number of thiophene rings is 1. The Morgan fingerprint density at radius 2 is 2.06 bits per heavy atom. The van der Waals surface area contributed by atoms with Crippen LogP contribution in [0.1, 0.15) is 55.2 Å². The third kappa shape index (κ3) is 4.07. The van der Waals surface area contributed by atoms with Gasteiger partial charge in [-0.05, 0) is 60.5 Å². The highest BCUT2D eigenvalue weighted by atomic mass is 79.9. The van der Waals surface area contributed by atoms with Gasteiger partial charge in [0.1, 0.15) is 0 Å². The van der Waals surface area contributed by atoms with Gasteiger partial charge in [0.15, 0.2) is 0 Å². The van der Waals surface area contributed by atoms with Crippen molar-refractivity contribution in [2.24, 2.45) is 5.92 Å². The van der Waals surface area contributed by atoms with Crippen LogP contribution in [-0.2, 0) is 6.54 Å². The van der Waals surface area contributed by atoms with Crippen LogP contribution in [0.25, 0.3) is 0 Å². The second-order valence-corrected chi connectivity index (χ2v) is 7.70. The van der Waals surface area contributed by atoms with Crippen LogP contribution in [0.3, 0.4) is 0 Å². The molecule has 1 aromatic heterocycles. The molecule has 0 radical (unpaired) electrons. The highest BCUT2D eigenvalue weighted by Crippen LogP contribution is 2.29. The van der Waals surface area contributed by atoms with Crippen molar-refractivity contribution in [2.75, 3.05) is 0 Å². The van der Waals surface area contributed by atoms with Crippen LogP contribution < -0.4 is 5.32 Å². The summed E-state index contributed by atoms with van der Waals surface area (Å²) in [4.78, 5) is 2.84. The molecular weight excluding hydrogens is 306 g/mol. The van der Waals surface area contributed by atoms with Gasteiger partial charge < -0.3 is 5.32 Å². The second-order valence-electron chi connectivity index (χ2n) is 5.50. The summed E-state index contributed by atoms with van der Waals surface area (Å²) < 4.78 is 1.26. The van der Waals surface area contributed by atoms with Gasteiger partial charge in [-0.25, -0.2) is 0 Å². The van der Waals surface area contributed by atoms with E-state index < -0.39 is 0 Å². The summed E-state index contributed by atoms with van der Waals surface area (Å²) >= 11 is 5.49. The van der Waals surface area contributed by atoms with Crippen LogP contribution in [0.15, 0.2) is 10.5 Å². The molecule has 1 aliphatic carbocycles. The molecule has 1 nitrogen and oxygen atoms in total. The zero-order valence-electron chi connectivity index (χ0n) is 11.5. The standard InChI is InChI=1S/C15H24BrNS/c1-3-4-12-5-7-13(8-6-12)17-10-14-9-15(16)11(2)18-14/h9,12-13,17H,3-8,10H2,1-2H3. The summed E-state index contributed by atoms with van der Waals surface area (Å²) in [5.41, 5.74) is 0. The van der Waals surface area contributed by atoms with Crippen LogP contribution in [0.2, 0.25) is 0 Å². The van der Waals surface area contributed by atoms with E-state index in [2.05, 4.69) is 41.2 Å². The highest BCUT2D eigenvalue weighted by Gasteiger charge is 2.20. The first-order valence-corrected chi connectivity index (χ1v) is 8.78. The molecule has 2 rings (SSSR count). The van der Waals surface area contributed by atoms with Gasteiger partial charge in [0.05, 0.1) is 0 Å². The third-order valence-corrected chi connectivity index (χ3v) is 6.15. The van der Waals surface area contributed by atoms with Crippen molar-refractivity contribution in [2.45, 2.75) is 65.0 Å². The molecule has 102 valence electrons. The normalized spacial score (nSPS) is 24.4. The van der Waals surface area contributed by atoms with E-state index in [9.17, 15) is 0 Å². The van der Waals surface area contributed by atoms with E-state index in [-0.39, 0.29) is 0 Å². The fourth-order valence-electron chi connectivity index (χ4n) is 2.91. The van der Waals surface area contributed by atoms with E-state index in [0.717, 1.165) is 18.5 Å². The second kappa shape index (κ2) is 7.06. The zero-order valence-corrected chi connectivity index (χ0v) is 13.9. The Hall–Kier alpha value is 0.140. The molecule has 0 spiro atoms. The maximum absolute atomic E-state index is 3.73. The first-order chi connectivity index (χ1) is 8.69. The fraction of sp³-hybridized carbons (Fsp3) is 0.733. The zero-order chi connectivity index (χ0) is 13.0. The topological polar surface area (TPSA) is 12.0 Å². The van der Waals surface area contributed by atoms with Gasteiger partial charge in [-0.3, -0.25) is 0 Å². The summed E-state index contributed by atoms with van der Waals surface area (Å²) in [5, 5.41) is 3.73. The number of rotatable bonds is 5. The van der Waals surface area contributed by atoms with Crippen molar-refractivity contribution in [3.8, 4) is 0 Å². The Morgan fingerprint density at radius 3 is 2.61 bits per heavy atom. The fourth-order valence-corrected chi connectivity index (χ4v) is 4.47. The molecule has 0 unspecified atom stereocenters. The molecular formula is C15H24BrNS. The Balaban J connectivity index is 1.72. The smallest absolute Gasteiger partial charge is 0.0314 e. The lowest BCUT2D eigenvalue weighted by atomic mass is 9.83.